The number of nitrogens with zero attached hydrogens (tertiary/aromatic N) is 3. The maximum atomic E-state index is 12.7. The molecule has 0 atom stereocenters. The number of aromatic nitrogens is 2. The summed E-state index contributed by atoms with van der Waals surface area (Å²) >= 11 is 0. The van der Waals surface area contributed by atoms with Crippen LogP contribution in [0.15, 0.2) is 47.6 Å². The molecule has 0 aliphatic carbocycles. The summed E-state index contributed by atoms with van der Waals surface area (Å²) in [5.74, 6) is -0.212. The molecule has 8 nitrogen and oxygen atoms in total. The molecule has 30 heavy (non-hydrogen) atoms. The molecule has 158 valence electrons. The molecule has 0 bridgehead atoms. The number of rotatable bonds is 5. The van der Waals surface area contributed by atoms with Crippen LogP contribution in [0.4, 0.5) is 5.69 Å². The number of morpholine rings is 1. The van der Waals surface area contributed by atoms with Crippen LogP contribution in [0.25, 0.3) is 11.0 Å². The molecule has 0 unspecified atom stereocenters. The number of hydrogen-bond acceptors (Lipinski definition) is 5. The summed E-state index contributed by atoms with van der Waals surface area (Å²) in [4.78, 5) is 17.1. The zero-order chi connectivity index (χ0) is 21.3. The smallest absolute Gasteiger partial charge is 0.244 e. The van der Waals surface area contributed by atoms with Gasteiger partial charge in [0.25, 0.3) is 0 Å². The molecule has 1 aliphatic rings. The van der Waals surface area contributed by atoms with E-state index in [1.807, 2.05) is 26.0 Å². The summed E-state index contributed by atoms with van der Waals surface area (Å²) in [5.41, 5.74) is 4.59. The number of amides is 1. The average Bonchev–Trinajstić information content (AvgIpc) is 3.10. The van der Waals surface area contributed by atoms with E-state index in [1.54, 1.807) is 23.0 Å². The van der Waals surface area contributed by atoms with Crippen molar-refractivity contribution in [2.45, 2.75) is 25.3 Å². The van der Waals surface area contributed by atoms with Crippen LogP contribution in [0.3, 0.4) is 0 Å². The van der Waals surface area contributed by atoms with Gasteiger partial charge in [-0.2, -0.15) is 4.31 Å². The van der Waals surface area contributed by atoms with E-state index in [0.717, 1.165) is 22.2 Å². The predicted molar refractivity (Wildman–Crippen MR) is 114 cm³/mol. The molecule has 1 aromatic heterocycles. The maximum Gasteiger partial charge on any atom is 0.244 e. The molecule has 1 fully saturated rings. The number of fused-ring (bicyclic) bond motifs is 1. The number of imidazole rings is 1. The molecule has 3 aromatic rings. The number of ether oxygens (including phenoxy) is 1. The number of benzene rings is 2. The third-order valence-electron chi connectivity index (χ3n) is 5.30. The van der Waals surface area contributed by atoms with E-state index in [-0.39, 0.29) is 17.3 Å². The van der Waals surface area contributed by atoms with Crippen LogP contribution in [-0.2, 0) is 26.1 Å². The summed E-state index contributed by atoms with van der Waals surface area (Å²) in [7, 11) is -3.55. The van der Waals surface area contributed by atoms with Crippen LogP contribution in [0.5, 0.6) is 0 Å². The van der Waals surface area contributed by atoms with Crippen molar-refractivity contribution in [2.24, 2.45) is 0 Å². The summed E-state index contributed by atoms with van der Waals surface area (Å²) < 4.78 is 33.8. The number of hydrogen-bond donors (Lipinski definition) is 1. The Morgan fingerprint density at radius 1 is 1.10 bits per heavy atom. The average molecular weight is 429 g/mol. The number of nitrogens with one attached hydrogen (secondary N) is 1. The lowest BCUT2D eigenvalue weighted by atomic mass is 10.1. The van der Waals surface area contributed by atoms with Crippen molar-refractivity contribution in [2.75, 3.05) is 31.6 Å². The zero-order valence-corrected chi connectivity index (χ0v) is 17.8. The minimum atomic E-state index is -3.55. The van der Waals surface area contributed by atoms with Gasteiger partial charge in [0.1, 0.15) is 6.54 Å². The van der Waals surface area contributed by atoms with E-state index in [4.69, 9.17) is 4.74 Å². The molecule has 0 saturated carbocycles. The first-order valence-electron chi connectivity index (χ1n) is 9.74. The van der Waals surface area contributed by atoms with E-state index < -0.39 is 10.0 Å². The van der Waals surface area contributed by atoms with Crippen molar-refractivity contribution in [1.82, 2.24) is 13.9 Å². The van der Waals surface area contributed by atoms with E-state index in [0.29, 0.717) is 32.0 Å². The van der Waals surface area contributed by atoms with Gasteiger partial charge in [0, 0.05) is 18.8 Å². The van der Waals surface area contributed by atoms with Crippen LogP contribution in [-0.4, -0.2) is 54.5 Å². The molecule has 1 N–H and O–H groups in total. The second-order valence-electron chi connectivity index (χ2n) is 7.39. The lowest BCUT2D eigenvalue weighted by Crippen LogP contribution is -2.40. The van der Waals surface area contributed by atoms with Gasteiger partial charge in [0.2, 0.25) is 15.9 Å². The Labute approximate surface area is 175 Å². The summed E-state index contributed by atoms with van der Waals surface area (Å²) in [5, 5.41) is 2.81. The normalized spacial score (nSPS) is 15.4. The van der Waals surface area contributed by atoms with Crippen molar-refractivity contribution in [3.05, 3.63) is 53.9 Å². The molecule has 1 aliphatic heterocycles. The quantitative estimate of drug-likeness (QED) is 0.673. The van der Waals surface area contributed by atoms with Crippen LogP contribution >= 0.6 is 0 Å². The minimum Gasteiger partial charge on any atom is -0.379 e. The number of anilines is 1. The van der Waals surface area contributed by atoms with Crippen molar-refractivity contribution in [3.8, 4) is 0 Å². The largest absolute Gasteiger partial charge is 0.379 e. The van der Waals surface area contributed by atoms with Gasteiger partial charge in [0.15, 0.2) is 0 Å². The van der Waals surface area contributed by atoms with Crippen LogP contribution in [0.2, 0.25) is 0 Å². The van der Waals surface area contributed by atoms with Crippen LogP contribution in [0.1, 0.15) is 11.1 Å². The van der Waals surface area contributed by atoms with Gasteiger partial charge >= 0.3 is 0 Å². The standard InChI is InChI=1S/C21H24N4O4S/c1-15-11-19-20(12-16(15)2)24(14-22-19)13-21(26)23-17-3-5-18(6-4-17)30(27,28)25-7-9-29-10-8-25/h3-6,11-12,14H,7-10,13H2,1-2H3,(H,23,26). The second-order valence-corrected chi connectivity index (χ2v) is 9.32. The highest BCUT2D eigenvalue weighted by Gasteiger charge is 2.26. The molecule has 2 heterocycles. The number of aryl methyl sites for hydroxylation is 2. The Morgan fingerprint density at radius 2 is 1.77 bits per heavy atom. The number of carbonyl (C=O) groups is 1. The van der Waals surface area contributed by atoms with Gasteiger partial charge in [-0.1, -0.05) is 0 Å². The molecule has 1 saturated heterocycles. The van der Waals surface area contributed by atoms with Gasteiger partial charge in [-0.3, -0.25) is 4.79 Å². The Bertz CT molecular complexity index is 1180. The Hall–Kier alpha value is -2.75. The van der Waals surface area contributed by atoms with Crippen LogP contribution < -0.4 is 5.32 Å². The third-order valence-corrected chi connectivity index (χ3v) is 7.21. The fourth-order valence-corrected chi connectivity index (χ4v) is 4.85. The second kappa shape index (κ2) is 8.17. The predicted octanol–water partition coefficient (Wildman–Crippen LogP) is 2.31. The van der Waals surface area contributed by atoms with E-state index in [1.165, 1.54) is 16.4 Å². The molecule has 0 radical (unpaired) electrons. The van der Waals surface area contributed by atoms with E-state index in [2.05, 4.69) is 10.3 Å². The Kier molecular flexibility index (Phi) is 5.59. The van der Waals surface area contributed by atoms with Crippen molar-refractivity contribution in [1.29, 1.82) is 0 Å². The SMILES string of the molecule is Cc1cc2ncn(CC(=O)Nc3ccc(S(=O)(=O)N4CCOCC4)cc3)c2cc1C. The molecule has 0 spiro atoms. The van der Waals surface area contributed by atoms with Gasteiger partial charge in [-0.05, 0) is 61.4 Å². The summed E-state index contributed by atoms with van der Waals surface area (Å²) in [6, 6.07) is 10.3. The topological polar surface area (TPSA) is 93.5 Å². The van der Waals surface area contributed by atoms with Gasteiger partial charge in [-0.15, -0.1) is 0 Å². The van der Waals surface area contributed by atoms with Gasteiger partial charge in [0.05, 0.1) is 35.5 Å². The Morgan fingerprint density at radius 3 is 2.47 bits per heavy atom. The van der Waals surface area contributed by atoms with Crippen molar-refractivity contribution in [3.63, 3.8) is 0 Å². The fraction of sp³-hybridized carbons (Fsp3) is 0.333. The molecule has 2 aromatic carbocycles. The maximum absolute atomic E-state index is 12.7. The van der Waals surface area contributed by atoms with Gasteiger partial charge in [-0.25, -0.2) is 13.4 Å². The highest BCUT2D eigenvalue weighted by atomic mass is 32.2. The molecule has 4 rings (SSSR count). The van der Waals surface area contributed by atoms with Gasteiger partial charge < -0.3 is 14.6 Å². The zero-order valence-electron chi connectivity index (χ0n) is 17.0. The first-order chi connectivity index (χ1) is 14.3. The van der Waals surface area contributed by atoms with E-state index in [9.17, 15) is 13.2 Å². The monoisotopic (exact) mass is 428 g/mol. The first-order valence-corrected chi connectivity index (χ1v) is 11.2. The minimum absolute atomic E-state index is 0.118. The molecule has 9 heteroatoms. The number of carbonyl (C=O) groups excluding carboxylic acids is 1. The molecular formula is C21H24N4O4S. The van der Waals surface area contributed by atoms with E-state index >= 15 is 0 Å². The van der Waals surface area contributed by atoms with Crippen LogP contribution in [0, 0.1) is 13.8 Å². The van der Waals surface area contributed by atoms with Crippen molar-refractivity contribution < 1.29 is 17.9 Å². The number of sulfonamides is 1. The lowest BCUT2D eigenvalue weighted by Gasteiger charge is -2.26. The molecular weight excluding hydrogens is 404 g/mol. The van der Waals surface area contributed by atoms with Crippen molar-refractivity contribution >= 4 is 32.7 Å². The summed E-state index contributed by atoms with van der Waals surface area (Å²) in [6.07, 6.45) is 1.65. The molecule has 1 amide bonds. The lowest BCUT2D eigenvalue weighted by molar-refractivity contribution is -0.116. The highest BCUT2D eigenvalue weighted by Crippen LogP contribution is 2.21. The Balaban J connectivity index is 1.45. The first kappa shape index (κ1) is 20.5. The third kappa shape index (κ3) is 4.09. The highest BCUT2D eigenvalue weighted by molar-refractivity contribution is 7.89. The summed E-state index contributed by atoms with van der Waals surface area (Å²) in [6.45, 7) is 5.66. The fourth-order valence-electron chi connectivity index (χ4n) is 3.44.